The summed E-state index contributed by atoms with van der Waals surface area (Å²) < 4.78 is 5.14. The van der Waals surface area contributed by atoms with Crippen molar-refractivity contribution in [3.05, 3.63) is 78.3 Å². The summed E-state index contributed by atoms with van der Waals surface area (Å²) in [5.41, 5.74) is 1.34. The van der Waals surface area contributed by atoms with E-state index in [4.69, 9.17) is 4.42 Å². The molecule has 122 valence electrons. The van der Waals surface area contributed by atoms with Crippen molar-refractivity contribution in [2.75, 3.05) is 12.3 Å². The summed E-state index contributed by atoms with van der Waals surface area (Å²) in [6, 6.07) is 18.4. The third-order valence-electron chi connectivity index (χ3n) is 3.63. The quantitative estimate of drug-likeness (QED) is 0.510. The largest absolute Gasteiger partial charge is 0.465 e. The van der Waals surface area contributed by atoms with Crippen LogP contribution in [0, 0.1) is 0 Å². The zero-order chi connectivity index (χ0) is 16.6. The van der Waals surface area contributed by atoms with E-state index in [1.165, 1.54) is 22.4 Å². The lowest BCUT2D eigenvalue weighted by Gasteiger charge is -2.07. The molecule has 1 heterocycles. The Morgan fingerprint density at radius 3 is 2.83 bits per heavy atom. The van der Waals surface area contributed by atoms with Crippen LogP contribution in [0.5, 0.6) is 0 Å². The van der Waals surface area contributed by atoms with Crippen molar-refractivity contribution in [1.82, 2.24) is 5.32 Å². The van der Waals surface area contributed by atoms with Crippen LogP contribution in [-0.2, 0) is 10.5 Å². The summed E-state index contributed by atoms with van der Waals surface area (Å²) in [6.07, 6.45) is 4.74. The second-order valence-electron chi connectivity index (χ2n) is 5.33. The number of hydrogen-bond donors (Lipinski definition) is 1. The average molecular weight is 337 g/mol. The van der Waals surface area contributed by atoms with Gasteiger partial charge in [0, 0.05) is 24.1 Å². The molecule has 24 heavy (non-hydrogen) atoms. The molecule has 0 fully saturated rings. The van der Waals surface area contributed by atoms with Crippen LogP contribution in [0.15, 0.2) is 71.4 Å². The van der Waals surface area contributed by atoms with Crippen molar-refractivity contribution < 1.29 is 9.21 Å². The highest BCUT2D eigenvalue weighted by molar-refractivity contribution is 7.98. The Kier molecular flexibility index (Phi) is 5.75. The number of hydrogen-bond acceptors (Lipinski definition) is 3. The minimum atomic E-state index is -0.0999. The van der Waals surface area contributed by atoms with Crippen LogP contribution in [0.1, 0.15) is 11.3 Å². The number of benzene rings is 2. The van der Waals surface area contributed by atoms with Gasteiger partial charge >= 0.3 is 0 Å². The highest BCUT2D eigenvalue weighted by atomic mass is 32.2. The maximum atomic E-state index is 11.7. The van der Waals surface area contributed by atoms with Gasteiger partial charge in [0.25, 0.3) is 0 Å². The molecule has 0 aliphatic carbocycles. The fraction of sp³-hybridized carbons (Fsp3) is 0.150. The van der Waals surface area contributed by atoms with Crippen LogP contribution in [0.2, 0.25) is 0 Å². The molecule has 4 heteroatoms. The van der Waals surface area contributed by atoms with Gasteiger partial charge in [0.2, 0.25) is 5.91 Å². The Hall–Kier alpha value is -2.46. The van der Waals surface area contributed by atoms with Gasteiger partial charge in [-0.25, -0.2) is 0 Å². The molecule has 1 amide bonds. The molecule has 0 saturated heterocycles. The zero-order valence-corrected chi connectivity index (χ0v) is 14.1. The van der Waals surface area contributed by atoms with Crippen LogP contribution < -0.4 is 5.32 Å². The highest BCUT2D eigenvalue weighted by Crippen LogP contribution is 2.22. The van der Waals surface area contributed by atoms with Crippen LogP contribution in [0.25, 0.3) is 16.8 Å². The van der Waals surface area contributed by atoms with Crippen LogP contribution >= 0.6 is 11.8 Å². The van der Waals surface area contributed by atoms with Gasteiger partial charge in [0.15, 0.2) is 0 Å². The Balaban J connectivity index is 1.41. The molecule has 0 aliphatic heterocycles. The van der Waals surface area contributed by atoms with Crippen molar-refractivity contribution in [2.24, 2.45) is 0 Å². The van der Waals surface area contributed by atoms with Crippen LogP contribution in [0.3, 0.4) is 0 Å². The fourth-order valence-corrected chi connectivity index (χ4v) is 3.31. The summed E-state index contributed by atoms with van der Waals surface area (Å²) in [7, 11) is 0. The van der Waals surface area contributed by atoms with E-state index in [-0.39, 0.29) is 5.91 Å². The van der Waals surface area contributed by atoms with Gasteiger partial charge in [0.05, 0.1) is 6.26 Å². The minimum absolute atomic E-state index is 0.0999. The maximum absolute atomic E-state index is 11.7. The molecule has 0 aliphatic rings. The second-order valence-corrected chi connectivity index (χ2v) is 6.44. The lowest BCUT2D eigenvalue weighted by Crippen LogP contribution is -2.23. The van der Waals surface area contributed by atoms with E-state index in [2.05, 4.69) is 47.8 Å². The minimum Gasteiger partial charge on any atom is -0.465 e. The molecule has 0 saturated carbocycles. The molecule has 2 aromatic carbocycles. The molecular weight excluding hydrogens is 318 g/mol. The monoisotopic (exact) mass is 337 g/mol. The smallest absolute Gasteiger partial charge is 0.244 e. The Morgan fingerprint density at radius 1 is 1.08 bits per heavy atom. The fourth-order valence-electron chi connectivity index (χ4n) is 2.45. The topological polar surface area (TPSA) is 42.2 Å². The number of fused-ring (bicyclic) bond motifs is 1. The summed E-state index contributed by atoms with van der Waals surface area (Å²) in [6.45, 7) is 0.650. The Morgan fingerprint density at radius 2 is 1.96 bits per heavy atom. The Labute approximate surface area is 145 Å². The van der Waals surface area contributed by atoms with Crippen molar-refractivity contribution in [1.29, 1.82) is 0 Å². The third-order valence-corrected chi connectivity index (χ3v) is 4.63. The Bertz CT molecular complexity index is 819. The van der Waals surface area contributed by atoms with Gasteiger partial charge in [-0.1, -0.05) is 42.5 Å². The molecule has 0 unspecified atom stereocenters. The second kappa shape index (κ2) is 8.41. The summed E-state index contributed by atoms with van der Waals surface area (Å²) in [5.74, 6) is 2.40. The van der Waals surface area contributed by atoms with E-state index in [9.17, 15) is 4.79 Å². The first-order valence-corrected chi connectivity index (χ1v) is 9.02. The molecule has 3 nitrogen and oxygen atoms in total. The van der Waals surface area contributed by atoms with E-state index in [0.717, 1.165) is 11.5 Å². The highest BCUT2D eigenvalue weighted by Gasteiger charge is 2.01. The van der Waals surface area contributed by atoms with Gasteiger partial charge in [-0.05, 0) is 34.5 Å². The average Bonchev–Trinajstić information content (AvgIpc) is 3.13. The number of nitrogens with one attached hydrogen (secondary N) is 1. The molecule has 0 radical (unpaired) electrons. The standard InChI is InChI=1S/C20H19NO2S/c22-20(11-10-18-8-4-13-23-18)21-12-14-24-15-17-7-3-6-16-5-1-2-9-19(16)17/h1-11,13H,12,14-15H2,(H,21,22)/b11-10+. The number of thioether (sulfide) groups is 1. The van der Waals surface area contributed by atoms with Gasteiger partial charge in [-0.15, -0.1) is 0 Å². The summed E-state index contributed by atoms with van der Waals surface area (Å²) in [4.78, 5) is 11.7. The van der Waals surface area contributed by atoms with E-state index >= 15 is 0 Å². The summed E-state index contributed by atoms with van der Waals surface area (Å²) in [5, 5.41) is 5.45. The first-order valence-electron chi connectivity index (χ1n) is 7.87. The predicted octanol–water partition coefficient (Wildman–Crippen LogP) is 4.50. The van der Waals surface area contributed by atoms with Crippen molar-refractivity contribution in [3.8, 4) is 0 Å². The molecule has 1 aromatic heterocycles. The number of carbonyl (C=O) groups is 1. The number of carbonyl (C=O) groups excluding carboxylic acids is 1. The predicted molar refractivity (Wildman–Crippen MR) is 101 cm³/mol. The number of amides is 1. The van der Waals surface area contributed by atoms with Crippen LogP contribution in [-0.4, -0.2) is 18.2 Å². The van der Waals surface area contributed by atoms with E-state index < -0.39 is 0 Å². The van der Waals surface area contributed by atoms with Gasteiger partial charge < -0.3 is 9.73 Å². The molecule has 0 atom stereocenters. The first kappa shape index (κ1) is 16.4. The normalized spacial score (nSPS) is 11.2. The van der Waals surface area contributed by atoms with Gasteiger partial charge in [-0.3, -0.25) is 4.79 Å². The lowest BCUT2D eigenvalue weighted by atomic mass is 10.1. The first-order chi connectivity index (χ1) is 11.8. The lowest BCUT2D eigenvalue weighted by molar-refractivity contribution is -0.116. The SMILES string of the molecule is O=C(/C=C/c1ccco1)NCCSCc1cccc2ccccc12. The molecule has 0 bridgehead atoms. The van der Waals surface area contributed by atoms with Crippen molar-refractivity contribution in [3.63, 3.8) is 0 Å². The number of rotatable bonds is 7. The zero-order valence-electron chi connectivity index (χ0n) is 13.3. The molecular formula is C20H19NO2S. The number of furan rings is 1. The van der Waals surface area contributed by atoms with Crippen molar-refractivity contribution >= 4 is 34.5 Å². The van der Waals surface area contributed by atoms with Crippen molar-refractivity contribution in [2.45, 2.75) is 5.75 Å². The van der Waals surface area contributed by atoms with E-state index in [0.29, 0.717) is 12.3 Å². The molecule has 3 aromatic rings. The molecule has 1 N–H and O–H groups in total. The summed E-state index contributed by atoms with van der Waals surface area (Å²) >= 11 is 1.82. The van der Waals surface area contributed by atoms with Gasteiger partial charge in [0.1, 0.15) is 5.76 Å². The maximum Gasteiger partial charge on any atom is 0.244 e. The molecule has 3 rings (SSSR count). The molecule has 0 spiro atoms. The third kappa shape index (κ3) is 4.52. The van der Waals surface area contributed by atoms with E-state index in [1.54, 1.807) is 18.4 Å². The van der Waals surface area contributed by atoms with Crippen LogP contribution in [0.4, 0.5) is 0 Å². The van der Waals surface area contributed by atoms with E-state index in [1.807, 2.05) is 17.8 Å². The van der Waals surface area contributed by atoms with Gasteiger partial charge in [-0.2, -0.15) is 11.8 Å².